The van der Waals surface area contributed by atoms with Gasteiger partial charge in [-0.25, -0.2) is 4.39 Å². The van der Waals surface area contributed by atoms with Crippen LogP contribution in [0.5, 0.6) is 0 Å². The van der Waals surface area contributed by atoms with E-state index in [-0.39, 0.29) is 34.4 Å². The van der Waals surface area contributed by atoms with E-state index in [9.17, 15) is 18.8 Å². The molecule has 2 fully saturated rings. The Morgan fingerprint density at radius 2 is 1.82 bits per heavy atom. The molecule has 0 radical (unpaired) electrons. The molecule has 0 saturated carbocycles. The van der Waals surface area contributed by atoms with Crippen molar-refractivity contribution in [1.29, 1.82) is 0 Å². The number of likely N-dealkylation sites (tertiary alicyclic amines) is 2. The van der Waals surface area contributed by atoms with Crippen molar-refractivity contribution in [2.24, 2.45) is 5.92 Å². The van der Waals surface area contributed by atoms with Gasteiger partial charge in [0.15, 0.2) is 0 Å². The van der Waals surface area contributed by atoms with Gasteiger partial charge in [-0.1, -0.05) is 11.6 Å². The molecule has 2 saturated heterocycles. The standard InChI is InChI=1S/C20H25ClFN3O3/c1-13(26)25-11-14(20(28)24-8-2-3-9-24)4-6-16(12-25)23-19(27)17-7-5-15(22)10-18(17)21/h5,7,10,14,16H,2-4,6,8-9,11-12H2,1H3,(H,23,27)/t14-,16+/m1/s1. The van der Waals surface area contributed by atoms with Gasteiger partial charge in [0.05, 0.1) is 16.5 Å². The maximum absolute atomic E-state index is 13.2. The summed E-state index contributed by atoms with van der Waals surface area (Å²) in [4.78, 5) is 40.9. The predicted molar refractivity (Wildman–Crippen MR) is 103 cm³/mol. The molecule has 3 rings (SSSR count). The monoisotopic (exact) mass is 409 g/mol. The summed E-state index contributed by atoms with van der Waals surface area (Å²) in [6, 6.07) is 3.32. The first-order valence-electron chi connectivity index (χ1n) is 9.65. The number of nitrogens with one attached hydrogen (secondary N) is 1. The lowest BCUT2D eigenvalue weighted by Crippen LogP contribution is -2.45. The average Bonchev–Trinajstić information content (AvgIpc) is 3.09. The van der Waals surface area contributed by atoms with E-state index in [1.54, 1.807) is 4.90 Å². The zero-order valence-electron chi connectivity index (χ0n) is 15.9. The van der Waals surface area contributed by atoms with Gasteiger partial charge in [-0.2, -0.15) is 0 Å². The zero-order chi connectivity index (χ0) is 20.3. The van der Waals surface area contributed by atoms with Crippen LogP contribution in [-0.4, -0.2) is 59.7 Å². The molecule has 2 atom stereocenters. The molecule has 0 aliphatic carbocycles. The second-order valence-electron chi connectivity index (χ2n) is 7.53. The first-order chi connectivity index (χ1) is 13.3. The van der Waals surface area contributed by atoms with Crippen LogP contribution in [0.15, 0.2) is 18.2 Å². The third-order valence-electron chi connectivity index (χ3n) is 5.47. The van der Waals surface area contributed by atoms with Gasteiger partial charge in [-0.3, -0.25) is 14.4 Å². The van der Waals surface area contributed by atoms with Gasteiger partial charge in [0.2, 0.25) is 11.8 Å². The summed E-state index contributed by atoms with van der Waals surface area (Å²) in [6.07, 6.45) is 3.22. The van der Waals surface area contributed by atoms with E-state index < -0.39 is 11.7 Å². The summed E-state index contributed by atoms with van der Waals surface area (Å²) in [6.45, 7) is 3.73. The van der Waals surface area contributed by atoms with E-state index in [0.717, 1.165) is 32.0 Å². The molecule has 0 bridgehead atoms. The van der Waals surface area contributed by atoms with E-state index in [1.807, 2.05) is 4.90 Å². The van der Waals surface area contributed by atoms with Crippen LogP contribution in [0.4, 0.5) is 4.39 Å². The molecule has 0 aromatic heterocycles. The van der Waals surface area contributed by atoms with Crippen LogP contribution in [0.25, 0.3) is 0 Å². The molecule has 0 spiro atoms. The minimum Gasteiger partial charge on any atom is -0.347 e. The summed E-state index contributed by atoms with van der Waals surface area (Å²) in [5.41, 5.74) is 0.186. The van der Waals surface area contributed by atoms with Crippen LogP contribution in [0.3, 0.4) is 0 Å². The Morgan fingerprint density at radius 3 is 2.46 bits per heavy atom. The van der Waals surface area contributed by atoms with E-state index in [2.05, 4.69) is 5.32 Å². The van der Waals surface area contributed by atoms with Crippen LogP contribution in [-0.2, 0) is 9.59 Å². The second kappa shape index (κ2) is 8.90. The first-order valence-corrected chi connectivity index (χ1v) is 10.0. The van der Waals surface area contributed by atoms with Crippen LogP contribution < -0.4 is 5.32 Å². The number of carbonyl (C=O) groups excluding carboxylic acids is 3. The van der Waals surface area contributed by atoms with Crippen molar-refractivity contribution in [3.8, 4) is 0 Å². The largest absolute Gasteiger partial charge is 0.347 e. The highest BCUT2D eigenvalue weighted by Gasteiger charge is 2.33. The lowest BCUT2D eigenvalue weighted by molar-refractivity contribution is -0.136. The first kappa shape index (κ1) is 20.6. The van der Waals surface area contributed by atoms with Gasteiger partial charge < -0.3 is 15.1 Å². The fraction of sp³-hybridized carbons (Fsp3) is 0.550. The van der Waals surface area contributed by atoms with E-state index in [1.165, 1.54) is 19.1 Å². The fourth-order valence-corrected chi connectivity index (χ4v) is 4.15. The molecule has 28 heavy (non-hydrogen) atoms. The quantitative estimate of drug-likeness (QED) is 0.833. The SMILES string of the molecule is CC(=O)N1C[C@@H](NC(=O)c2ccc(F)cc2Cl)CC[C@@H](C(=O)N2CCCC2)C1. The van der Waals surface area contributed by atoms with Crippen molar-refractivity contribution in [2.45, 2.75) is 38.6 Å². The predicted octanol–water partition coefficient (Wildman–Crippen LogP) is 2.46. The number of nitrogens with zero attached hydrogens (tertiary/aromatic N) is 2. The molecule has 1 aromatic carbocycles. The Labute approximate surface area is 169 Å². The topological polar surface area (TPSA) is 69.7 Å². The molecule has 3 amide bonds. The Bertz CT molecular complexity index is 767. The van der Waals surface area contributed by atoms with Crippen LogP contribution in [0, 0.1) is 11.7 Å². The molecule has 2 aliphatic heterocycles. The number of rotatable bonds is 3. The molecule has 0 unspecified atom stereocenters. The van der Waals surface area contributed by atoms with Gasteiger partial charge in [-0.05, 0) is 43.9 Å². The average molecular weight is 410 g/mol. The lowest BCUT2D eigenvalue weighted by atomic mass is 10.00. The third kappa shape index (κ3) is 4.82. The Morgan fingerprint density at radius 1 is 1.11 bits per heavy atom. The molecule has 2 heterocycles. The summed E-state index contributed by atoms with van der Waals surface area (Å²) in [7, 11) is 0. The molecule has 152 valence electrons. The second-order valence-corrected chi connectivity index (χ2v) is 7.93. The number of halogens is 2. The highest BCUT2D eigenvalue weighted by molar-refractivity contribution is 6.33. The summed E-state index contributed by atoms with van der Waals surface area (Å²) in [5.74, 6) is -1.21. The fourth-order valence-electron chi connectivity index (χ4n) is 3.90. The van der Waals surface area contributed by atoms with E-state index in [4.69, 9.17) is 11.6 Å². The van der Waals surface area contributed by atoms with Crippen molar-refractivity contribution in [2.75, 3.05) is 26.2 Å². The lowest BCUT2D eigenvalue weighted by Gasteiger charge is -2.27. The van der Waals surface area contributed by atoms with Gasteiger partial charge in [0.1, 0.15) is 5.82 Å². The molecule has 2 aliphatic rings. The summed E-state index contributed by atoms with van der Waals surface area (Å²) in [5, 5.41) is 2.92. The minimum absolute atomic E-state index is 0.0385. The third-order valence-corrected chi connectivity index (χ3v) is 5.78. The smallest absolute Gasteiger partial charge is 0.253 e. The van der Waals surface area contributed by atoms with Crippen molar-refractivity contribution >= 4 is 29.3 Å². The molecule has 8 heteroatoms. The minimum atomic E-state index is -0.512. The number of benzene rings is 1. The van der Waals surface area contributed by atoms with Crippen molar-refractivity contribution in [3.05, 3.63) is 34.6 Å². The Balaban J connectivity index is 1.69. The number of hydrogen-bond donors (Lipinski definition) is 1. The van der Waals surface area contributed by atoms with Crippen molar-refractivity contribution < 1.29 is 18.8 Å². The maximum Gasteiger partial charge on any atom is 0.253 e. The van der Waals surface area contributed by atoms with Gasteiger partial charge >= 0.3 is 0 Å². The number of amides is 3. The van der Waals surface area contributed by atoms with Crippen molar-refractivity contribution in [3.63, 3.8) is 0 Å². The maximum atomic E-state index is 13.2. The molecular weight excluding hydrogens is 385 g/mol. The highest BCUT2D eigenvalue weighted by atomic mass is 35.5. The number of carbonyl (C=O) groups is 3. The van der Waals surface area contributed by atoms with Crippen LogP contribution in [0.1, 0.15) is 43.0 Å². The normalized spacial score (nSPS) is 22.7. The van der Waals surface area contributed by atoms with E-state index >= 15 is 0 Å². The van der Waals surface area contributed by atoms with Crippen LogP contribution >= 0.6 is 11.6 Å². The van der Waals surface area contributed by atoms with Gasteiger partial charge in [0.25, 0.3) is 5.91 Å². The zero-order valence-corrected chi connectivity index (χ0v) is 16.7. The van der Waals surface area contributed by atoms with Gasteiger partial charge in [-0.15, -0.1) is 0 Å². The molecule has 6 nitrogen and oxygen atoms in total. The number of hydrogen-bond acceptors (Lipinski definition) is 3. The summed E-state index contributed by atoms with van der Waals surface area (Å²) >= 11 is 5.98. The Kier molecular flexibility index (Phi) is 6.54. The summed E-state index contributed by atoms with van der Waals surface area (Å²) < 4.78 is 13.2. The van der Waals surface area contributed by atoms with Gasteiger partial charge in [0, 0.05) is 39.1 Å². The molecule has 1 aromatic rings. The Hall–Kier alpha value is -2.15. The van der Waals surface area contributed by atoms with Crippen molar-refractivity contribution in [1.82, 2.24) is 15.1 Å². The molecular formula is C20H25ClFN3O3. The van der Waals surface area contributed by atoms with E-state index in [0.29, 0.717) is 25.9 Å². The van der Waals surface area contributed by atoms with Crippen LogP contribution in [0.2, 0.25) is 5.02 Å². The molecule has 1 N–H and O–H groups in total. The highest BCUT2D eigenvalue weighted by Crippen LogP contribution is 2.23.